The maximum Gasteiger partial charge on any atom is 0.336 e. The molecule has 1 unspecified atom stereocenters. The van der Waals surface area contributed by atoms with Crippen molar-refractivity contribution in [2.45, 2.75) is 26.8 Å². The van der Waals surface area contributed by atoms with Gasteiger partial charge in [0.1, 0.15) is 11.3 Å². The van der Waals surface area contributed by atoms with Gasteiger partial charge in [-0.05, 0) is 44.0 Å². The Labute approximate surface area is 151 Å². The summed E-state index contributed by atoms with van der Waals surface area (Å²) in [6.07, 6.45) is 0. The summed E-state index contributed by atoms with van der Waals surface area (Å²) < 4.78 is 11.0. The van der Waals surface area contributed by atoms with Gasteiger partial charge in [-0.1, -0.05) is 30.3 Å². The first-order valence-corrected chi connectivity index (χ1v) is 8.47. The number of aryl methyl sites for hydroxylation is 2. The lowest BCUT2D eigenvalue weighted by atomic mass is 10.1. The number of carbonyl (C=O) groups is 1. The van der Waals surface area contributed by atoms with Crippen LogP contribution in [0, 0.1) is 13.8 Å². The van der Waals surface area contributed by atoms with Crippen molar-refractivity contribution in [1.82, 2.24) is 5.32 Å². The molecule has 1 atom stereocenters. The number of hydrogen-bond acceptors (Lipinski definition) is 4. The SMILES string of the molecule is Cc1cc(=O)oc2c(C)c(OCC(=O)NC(C)c3ccccc3)ccc12. The van der Waals surface area contributed by atoms with Crippen LogP contribution in [0.2, 0.25) is 0 Å². The highest BCUT2D eigenvalue weighted by atomic mass is 16.5. The summed E-state index contributed by atoms with van der Waals surface area (Å²) in [6.45, 7) is 5.48. The Morgan fingerprint density at radius 2 is 1.88 bits per heavy atom. The van der Waals surface area contributed by atoms with Gasteiger partial charge in [-0.2, -0.15) is 0 Å². The molecule has 0 bridgehead atoms. The maximum atomic E-state index is 12.2. The van der Waals surface area contributed by atoms with E-state index in [4.69, 9.17) is 9.15 Å². The number of fused-ring (bicyclic) bond motifs is 1. The molecule has 0 aliphatic heterocycles. The molecule has 0 fully saturated rings. The molecule has 26 heavy (non-hydrogen) atoms. The molecule has 3 rings (SSSR count). The van der Waals surface area contributed by atoms with Crippen LogP contribution in [-0.2, 0) is 4.79 Å². The predicted molar refractivity (Wildman–Crippen MR) is 100 cm³/mol. The highest BCUT2D eigenvalue weighted by Gasteiger charge is 2.13. The molecule has 5 nitrogen and oxygen atoms in total. The Hall–Kier alpha value is -3.08. The molecule has 0 radical (unpaired) electrons. The summed E-state index contributed by atoms with van der Waals surface area (Å²) >= 11 is 0. The fourth-order valence-electron chi connectivity index (χ4n) is 2.91. The molecular formula is C21H21NO4. The van der Waals surface area contributed by atoms with Gasteiger partial charge >= 0.3 is 5.63 Å². The third kappa shape index (κ3) is 3.77. The van der Waals surface area contributed by atoms with E-state index in [9.17, 15) is 9.59 Å². The molecule has 2 aromatic carbocycles. The normalized spacial score (nSPS) is 12.0. The van der Waals surface area contributed by atoms with E-state index in [1.165, 1.54) is 6.07 Å². The average molecular weight is 351 g/mol. The van der Waals surface area contributed by atoms with E-state index in [-0.39, 0.29) is 18.6 Å². The zero-order valence-corrected chi connectivity index (χ0v) is 15.0. The molecule has 0 aliphatic carbocycles. The Balaban J connectivity index is 1.70. The lowest BCUT2D eigenvalue weighted by Gasteiger charge is -2.15. The number of ether oxygens (including phenoxy) is 1. The van der Waals surface area contributed by atoms with Crippen LogP contribution in [0.4, 0.5) is 0 Å². The maximum absolute atomic E-state index is 12.2. The van der Waals surface area contributed by atoms with E-state index >= 15 is 0 Å². The minimum absolute atomic E-state index is 0.106. The second kappa shape index (κ2) is 7.44. The smallest absolute Gasteiger partial charge is 0.336 e. The molecule has 5 heteroatoms. The molecule has 1 N–H and O–H groups in total. The summed E-state index contributed by atoms with van der Waals surface area (Å²) in [7, 11) is 0. The monoisotopic (exact) mass is 351 g/mol. The molecule has 0 spiro atoms. The second-order valence-corrected chi connectivity index (χ2v) is 6.30. The van der Waals surface area contributed by atoms with Gasteiger partial charge in [0, 0.05) is 17.0 Å². The van der Waals surface area contributed by atoms with E-state index in [1.54, 1.807) is 6.07 Å². The minimum atomic E-state index is -0.398. The first-order valence-electron chi connectivity index (χ1n) is 8.47. The van der Waals surface area contributed by atoms with Gasteiger partial charge in [0.2, 0.25) is 0 Å². The van der Waals surface area contributed by atoms with Crippen molar-refractivity contribution < 1.29 is 13.9 Å². The zero-order valence-electron chi connectivity index (χ0n) is 15.0. The first kappa shape index (κ1) is 17.7. The van der Waals surface area contributed by atoms with Crippen LogP contribution in [0.15, 0.2) is 57.7 Å². The molecule has 0 saturated carbocycles. The van der Waals surface area contributed by atoms with Crippen molar-refractivity contribution in [2.75, 3.05) is 6.61 Å². The largest absolute Gasteiger partial charge is 0.483 e. The van der Waals surface area contributed by atoms with Crippen LogP contribution in [0.3, 0.4) is 0 Å². The first-order chi connectivity index (χ1) is 12.5. The van der Waals surface area contributed by atoms with Crippen molar-refractivity contribution in [3.8, 4) is 5.75 Å². The van der Waals surface area contributed by atoms with Crippen molar-refractivity contribution >= 4 is 16.9 Å². The van der Waals surface area contributed by atoms with Gasteiger partial charge in [-0.15, -0.1) is 0 Å². The topological polar surface area (TPSA) is 68.5 Å². The van der Waals surface area contributed by atoms with Crippen molar-refractivity contribution in [3.63, 3.8) is 0 Å². The van der Waals surface area contributed by atoms with Crippen LogP contribution in [-0.4, -0.2) is 12.5 Å². The second-order valence-electron chi connectivity index (χ2n) is 6.30. The third-order valence-electron chi connectivity index (χ3n) is 4.35. The number of rotatable bonds is 5. The summed E-state index contributed by atoms with van der Waals surface area (Å²) in [6, 6.07) is 14.7. The van der Waals surface area contributed by atoms with Crippen molar-refractivity contribution in [3.05, 3.63) is 75.6 Å². The Bertz CT molecular complexity index is 992. The van der Waals surface area contributed by atoms with E-state index in [0.29, 0.717) is 16.9 Å². The summed E-state index contributed by atoms with van der Waals surface area (Å²) in [5, 5.41) is 3.76. The predicted octanol–water partition coefficient (Wildman–Crippen LogP) is 3.67. The fourth-order valence-corrected chi connectivity index (χ4v) is 2.91. The van der Waals surface area contributed by atoms with Gasteiger partial charge in [0.25, 0.3) is 5.91 Å². The summed E-state index contributed by atoms with van der Waals surface area (Å²) in [4.78, 5) is 23.8. The molecule has 134 valence electrons. The lowest BCUT2D eigenvalue weighted by molar-refractivity contribution is -0.123. The van der Waals surface area contributed by atoms with E-state index in [0.717, 1.165) is 16.5 Å². The van der Waals surface area contributed by atoms with E-state index in [1.807, 2.05) is 57.2 Å². The van der Waals surface area contributed by atoms with Crippen molar-refractivity contribution in [1.29, 1.82) is 0 Å². The number of carbonyl (C=O) groups excluding carboxylic acids is 1. The molecule has 0 aliphatic rings. The van der Waals surface area contributed by atoms with Crippen LogP contribution in [0.25, 0.3) is 11.0 Å². The highest BCUT2D eigenvalue weighted by molar-refractivity contribution is 5.85. The number of nitrogens with one attached hydrogen (secondary N) is 1. The van der Waals surface area contributed by atoms with Gasteiger partial charge in [0.05, 0.1) is 6.04 Å². The molecule has 0 saturated heterocycles. The Morgan fingerprint density at radius 1 is 1.15 bits per heavy atom. The molecule has 1 aromatic heterocycles. The van der Waals surface area contributed by atoms with Gasteiger partial charge in [-0.3, -0.25) is 4.79 Å². The van der Waals surface area contributed by atoms with Gasteiger partial charge in [0.15, 0.2) is 6.61 Å². The van der Waals surface area contributed by atoms with Crippen LogP contribution < -0.4 is 15.7 Å². The number of benzene rings is 2. The minimum Gasteiger partial charge on any atom is -0.483 e. The van der Waals surface area contributed by atoms with Crippen LogP contribution >= 0.6 is 0 Å². The summed E-state index contributed by atoms with van der Waals surface area (Å²) in [5.41, 5.74) is 2.67. The quantitative estimate of drug-likeness (QED) is 0.712. The van der Waals surface area contributed by atoms with Crippen molar-refractivity contribution in [2.24, 2.45) is 0 Å². The highest BCUT2D eigenvalue weighted by Crippen LogP contribution is 2.28. The average Bonchev–Trinajstić information content (AvgIpc) is 2.62. The number of amides is 1. The van der Waals surface area contributed by atoms with Gasteiger partial charge in [-0.25, -0.2) is 4.79 Å². The van der Waals surface area contributed by atoms with E-state index in [2.05, 4.69) is 5.32 Å². The zero-order chi connectivity index (χ0) is 18.7. The number of hydrogen-bond donors (Lipinski definition) is 1. The Kier molecular flexibility index (Phi) is 5.07. The fraction of sp³-hybridized carbons (Fsp3) is 0.238. The molecular weight excluding hydrogens is 330 g/mol. The standard InChI is InChI=1S/C21H21NO4/c1-13-11-20(24)26-21-14(2)18(10-9-17(13)21)25-12-19(23)22-15(3)16-7-5-4-6-8-16/h4-11,15H,12H2,1-3H3,(H,22,23). The van der Waals surface area contributed by atoms with Crippen LogP contribution in [0.1, 0.15) is 29.7 Å². The molecule has 1 amide bonds. The molecule has 1 heterocycles. The van der Waals surface area contributed by atoms with Crippen LogP contribution in [0.5, 0.6) is 5.75 Å². The third-order valence-corrected chi connectivity index (χ3v) is 4.35. The molecule has 3 aromatic rings. The summed E-state index contributed by atoms with van der Waals surface area (Å²) in [5.74, 6) is 0.306. The lowest BCUT2D eigenvalue weighted by Crippen LogP contribution is -2.31. The van der Waals surface area contributed by atoms with Gasteiger partial charge < -0.3 is 14.5 Å². The van der Waals surface area contributed by atoms with E-state index < -0.39 is 5.63 Å². The Morgan fingerprint density at radius 3 is 2.62 bits per heavy atom.